The molecule has 0 saturated carbocycles. The van der Waals surface area contributed by atoms with Gasteiger partial charge in [-0.25, -0.2) is 0 Å². The van der Waals surface area contributed by atoms with Crippen molar-refractivity contribution in [2.24, 2.45) is 0 Å². The van der Waals surface area contributed by atoms with Gasteiger partial charge in [-0.1, -0.05) is 12.1 Å². The number of rotatable bonds is 6. The van der Waals surface area contributed by atoms with Gasteiger partial charge in [-0.15, -0.1) is 0 Å². The van der Waals surface area contributed by atoms with Gasteiger partial charge in [-0.3, -0.25) is 9.59 Å². The third-order valence-corrected chi connectivity index (χ3v) is 2.42. The van der Waals surface area contributed by atoms with Gasteiger partial charge < -0.3 is 9.47 Å². The van der Waals surface area contributed by atoms with Crippen LogP contribution in [-0.4, -0.2) is 24.0 Å². The van der Waals surface area contributed by atoms with Crippen molar-refractivity contribution in [1.29, 1.82) is 0 Å². The molecule has 1 aromatic carbocycles. The summed E-state index contributed by atoms with van der Waals surface area (Å²) in [5.41, 5.74) is 0.557. The molecule has 0 atom stereocenters. The molecule has 0 saturated heterocycles. The summed E-state index contributed by atoms with van der Waals surface area (Å²) in [4.78, 5) is 23.1. The van der Waals surface area contributed by atoms with Crippen molar-refractivity contribution in [1.82, 2.24) is 0 Å². The van der Waals surface area contributed by atoms with E-state index in [0.717, 1.165) is 5.56 Å². The third kappa shape index (κ3) is 6.92. The van der Waals surface area contributed by atoms with Crippen LogP contribution in [0.1, 0.15) is 39.2 Å². The molecule has 0 aliphatic carbocycles. The molecule has 0 fully saturated rings. The van der Waals surface area contributed by atoms with Gasteiger partial charge in [-0.05, 0) is 45.4 Å². The first-order valence-corrected chi connectivity index (χ1v) is 6.69. The fourth-order valence-corrected chi connectivity index (χ4v) is 1.58. The van der Waals surface area contributed by atoms with Crippen LogP contribution < -0.4 is 4.74 Å². The van der Waals surface area contributed by atoms with Gasteiger partial charge in [0.25, 0.3) is 0 Å². The Hall–Kier alpha value is -1.84. The lowest BCUT2D eigenvalue weighted by molar-refractivity contribution is -0.155. The number of carbonyl (C=O) groups is 2. The molecule has 4 nitrogen and oxygen atoms in total. The van der Waals surface area contributed by atoms with Crippen molar-refractivity contribution in [3.63, 3.8) is 0 Å². The molecule has 0 N–H and O–H groups in total. The van der Waals surface area contributed by atoms with Crippen molar-refractivity contribution in [3.8, 4) is 5.75 Å². The second-order valence-corrected chi connectivity index (χ2v) is 5.73. The van der Waals surface area contributed by atoms with Crippen LogP contribution in [0.3, 0.4) is 0 Å². The van der Waals surface area contributed by atoms with Gasteiger partial charge in [0.1, 0.15) is 18.0 Å². The summed E-state index contributed by atoms with van der Waals surface area (Å²) in [5.74, 6) is 0.189. The summed E-state index contributed by atoms with van der Waals surface area (Å²) >= 11 is 0. The van der Waals surface area contributed by atoms with E-state index in [-0.39, 0.29) is 31.2 Å². The maximum absolute atomic E-state index is 11.6. The highest BCUT2D eigenvalue weighted by atomic mass is 16.6. The van der Waals surface area contributed by atoms with E-state index in [1.54, 1.807) is 26.8 Å². The van der Waals surface area contributed by atoms with E-state index in [4.69, 9.17) is 9.47 Å². The van der Waals surface area contributed by atoms with Crippen LogP contribution in [0.4, 0.5) is 0 Å². The minimum absolute atomic E-state index is 0.0216. The number of esters is 1. The Morgan fingerprint density at radius 3 is 2.45 bits per heavy atom. The molecule has 1 rings (SSSR count). The fraction of sp³-hybridized carbons (Fsp3) is 0.500. The highest BCUT2D eigenvalue weighted by Gasteiger charge is 2.17. The van der Waals surface area contributed by atoms with Crippen LogP contribution in [0.25, 0.3) is 0 Å². The highest BCUT2D eigenvalue weighted by Crippen LogP contribution is 2.13. The second kappa shape index (κ2) is 7.08. The van der Waals surface area contributed by atoms with Crippen molar-refractivity contribution in [2.75, 3.05) is 6.61 Å². The first-order valence-electron chi connectivity index (χ1n) is 6.69. The zero-order valence-corrected chi connectivity index (χ0v) is 12.6. The molecule has 0 bridgehead atoms. The lowest BCUT2D eigenvalue weighted by Gasteiger charge is -2.19. The molecule has 0 aromatic heterocycles. The Kier molecular flexibility index (Phi) is 5.74. The van der Waals surface area contributed by atoms with Crippen molar-refractivity contribution >= 4 is 11.8 Å². The largest absolute Gasteiger partial charge is 0.486 e. The molecular weight excluding hydrogens is 256 g/mol. The van der Waals surface area contributed by atoms with Gasteiger partial charge in [-0.2, -0.15) is 0 Å². The standard InChI is InChI=1S/C16H22O4/c1-12-6-5-7-14(10-12)19-11-13(17)8-9-15(18)20-16(2,3)4/h5-7,10H,8-9,11H2,1-4H3. The van der Waals surface area contributed by atoms with Crippen LogP contribution in [-0.2, 0) is 14.3 Å². The predicted octanol–water partition coefficient (Wildman–Crippen LogP) is 3.06. The SMILES string of the molecule is Cc1cccc(OCC(=O)CCC(=O)OC(C)(C)C)c1. The zero-order valence-electron chi connectivity index (χ0n) is 12.6. The summed E-state index contributed by atoms with van der Waals surface area (Å²) in [6.07, 6.45) is 0.230. The summed E-state index contributed by atoms with van der Waals surface area (Å²) in [6, 6.07) is 7.49. The summed E-state index contributed by atoms with van der Waals surface area (Å²) in [7, 11) is 0. The van der Waals surface area contributed by atoms with E-state index in [1.165, 1.54) is 0 Å². The number of aryl methyl sites for hydroxylation is 1. The van der Waals surface area contributed by atoms with E-state index >= 15 is 0 Å². The van der Waals surface area contributed by atoms with E-state index in [2.05, 4.69) is 0 Å². The molecule has 0 heterocycles. The van der Waals surface area contributed by atoms with Crippen LogP contribution in [0.15, 0.2) is 24.3 Å². The Labute approximate surface area is 120 Å². The normalized spacial score (nSPS) is 11.0. The molecule has 0 aliphatic heterocycles. The number of hydrogen-bond donors (Lipinski definition) is 0. The molecule has 0 unspecified atom stereocenters. The van der Waals surface area contributed by atoms with Gasteiger partial charge >= 0.3 is 5.97 Å². The predicted molar refractivity (Wildman–Crippen MR) is 76.8 cm³/mol. The maximum Gasteiger partial charge on any atom is 0.306 e. The fourth-order valence-electron chi connectivity index (χ4n) is 1.58. The van der Waals surface area contributed by atoms with Crippen molar-refractivity contribution < 1.29 is 19.1 Å². The first-order chi connectivity index (χ1) is 9.26. The monoisotopic (exact) mass is 278 g/mol. The van der Waals surface area contributed by atoms with Gasteiger partial charge in [0.15, 0.2) is 5.78 Å². The number of hydrogen-bond acceptors (Lipinski definition) is 4. The van der Waals surface area contributed by atoms with Crippen LogP contribution >= 0.6 is 0 Å². The van der Waals surface area contributed by atoms with E-state index < -0.39 is 5.60 Å². The van der Waals surface area contributed by atoms with Crippen LogP contribution in [0.5, 0.6) is 5.75 Å². The summed E-state index contributed by atoms with van der Waals surface area (Å²) in [5, 5.41) is 0. The molecule has 1 aromatic rings. The third-order valence-electron chi connectivity index (χ3n) is 2.42. The quantitative estimate of drug-likeness (QED) is 0.750. The van der Waals surface area contributed by atoms with E-state index in [9.17, 15) is 9.59 Å². The molecule has 0 amide bonds. The number of Topliss-reactive ketones (excluding diaryl/α,β-unsaturated/α-hetero) is 1. The molecule has 20 heavy (non-hydrogen) atoms. The minimum atomic E-state index is -0.516. The molecule has 4 heteroatoms. The molecular formula is C16H22O4. The Bertz CT molecular complexity index is 472. The van der Waals surface area contributed by atoms with E-state index in [1.807, 2.05) is 25.1 Å². The maximum atomic E-state index is 11.6. The zero-order chi connectivity index (χ0) is 15.2. The number of ether oxygens (including phenoxy) is 2. The second-order valence-electron chi connectivity index (χ2n) is 5.73. The topological polar surface area (TPSA) is 52.6 Å². The van der Waals surface area contributed by atoms with Gasteiger partial charge in [0, 0.05) is 6.42 Å². The van der Waals surface area contributed by atoms with Crippen molar-refractivity contribution in [2.45, 2.75) is 46.1 Å². The molecule has 110 valence electrons. The number of benzene rings is 1. The van der Waals surface area contributed by atoms with Gasteiger partial charge in [0.05, 0.1) is 6.42 Å². The number of carbonyl (C=O) groups excluding carboxylic acids is 2. The minimum Gasteiger partial charge on any atom is -0.486 e. The molecule has 0 radical (unpaired) electrons. The number of ketones is 1. The smallest absolute Gasteiger partial charge is 0.306 e. The summed E-state index contributed by atoms with van der Waals surface area (Å²) < 4.78 is 10.5. The Morgan fingerprint density at radius 2 is 1.85 bits per heavy atom. The summed E-state index contributed by atoms with van der Waals surface area (Å²) in [6.45, 7) is 7.33. The van der Waals surface area contributed by atoms with Crippen LogP contribution in [0.2, 0.25) is 0 Å². The average Bonchev–Trinajstić information content (AvgIpc) is 2.32. The Balaban J connectivity index is 2.29. The van der Waals surface area contributed by atoms with Gasteiger partial charge in [0.2, 0.25) is 0 Å². The Morgan fingerprint density at radius 1 is 1.15 bits per heavy atom. The molecule has 0 aliphatic rings. The highest BCUT2D eigenvalue weighted by molar-refractivity contribution is 5.84. The average molecular weight is 278 g/mol. The van der Waals surface area contributed by atoms with E-state index in [0.29, 0.717) is 5.75 Å². The van der Waals surface area contributed by atoms with Crippen LogP contribution in [0, 0.1) is 6.92 Å². The molecule has 0 spiro atoms. The van der Waals surface area contributed by atoms with Crippen molar-refractivity contribution in [3.05, 3.63) is 29.8 Å². The lowest BCUT2D eigenvalue weighted by atomic mass is 10.2. The first kappa shape index (κ1) is 16.2. The lowest BCUT2D eigenvalue weighted by Crippen LogP contribution is -2.24.